The molecule has 0 bridgehead atoms. The van der Waals surface area contributed by atoms with Crippen molar-refractivity contribution in [3.8, 4) is 11.6 Å². The number of ether oxygens (including phenoxy) is 2. The third kappa shape index (κ3) is 3.88. The molecule has 0 aliphatic carbocycles. The first-order valence-corrected chi connectivity index (χ1v) is 7.68. The molecule has 0 fully saturated rings. The van der Waals surface area contributed by atoms with Crippen LogP contribution in [-0.4, -0.2) is 36.2 Å². The molecular formula is C18H20N2O5. The zero-order valence-corrected chi connectivity index (χ0v) is 14.5. The summed E-state index contributed by atoms with van der Waals surface area (Å²) < 4.78 is 10.2. The van der Waals surface area contributed by atoms with Gasteiger partial charge in [-0.25, -0.2) is 9.78 Å². The smallest absolute Gasteiger partial charge is 0.339 e. The number of carboxylic acids is 1. The lowest BCUT2D eigenvalue weighted by molar-refractivity contribution is 0.0693. The summed E-state index contributed by atoms with van der Waals surface area (Å²) in [6.45, 7) is 3.63. The fraction of sp³-hybridized carbons (Fsp3) is 0.278. The highest BCUT2D eigenvalue weighted by Crippen LogP contribution is 2.25. The van der Waals surface area contributed by atoms with E-state index in [4.69, 9.17) is 9.47 Å². The second kappa shape index (κ2) is 7.65. The summed E-state index contributed by atoms with van der Waals surface area (Å²) >= 11 is 0. The molecule has 7 nitrogen and oxygen atoms in total. The standard InChI is InChI=1S/C18H20N2O5/c1-5-13-14(6-7-16(19-13)25-4)20-17(21)11-9-12(18(22)23)15(24-3)8-10(11)2/h6-9H,5H2,1-4H3,(H,20,21)(H,22,23). The molecule has 2 rings (SSSR count). The normalized spacial score (nSPS) is 10.2. The van der Waals surface area contributed by atoms with Gasteiger partial charge in [-0.1, -0.05) is 6.92 Å². The summed E-state index contributed by atoms with van der Waals surface area (Å²) in [5, 5.41) is 12.1. The Kier molecular flexibility index (Phi) is 5.59. The van der Waals surface area contributed by atoms with Crippen LogP contribution in [0.1, 0.15) is 38.9 Å². The number of pyridine rings is 1. The third-order valence-corrected chi connectivity index (χ3v) is 3.76. The molecule has 2 N–H and O–H groups in total. The van der Waals surface area contributed by atoms with Crippen molar-refractivity contribution in [1.82, 2.24) is 4.98 Å². The Morgan fingerprint density at radius 2 is 1.88 bits per heavy atom. The second-order valence-corrected chi connectivity index (χ2v) is 5.33. The number of nitrogens with zero attached hydrogens (tertiary/aromatic N) is 1. The molecule has 1 amide bonds. The van der Waals surface area contributed by atoms with Gasteiger partial charge in [-0.3, -0.25) is 4.79 Å². The van der Waals surface area contributed by atoms with Crippen LogP contribution in [0.4, 0.5) is 5.69 Å². The third-order valence-electron chi connectivity index (χ3n) is 3.76. The Balaban J connectivity index is 2.39. The zero-order valence-electron chi connectivity index (χ0n) is 14.5. The number of methoxy groups -OCH3 is 2. The molecule has 0 radical (unpaired) electrons. The number of rotatable bonds is 6. The van der Waals surface area contributed by atoms with Crippen molar-refractivity contribution < 1.29 is 24.2 Å². The van der Waals surface area contributed by atoms with Gasteiger partial charge in [-0.05, 0) is 37.1 Å². The maximum absolute atomic E-state index is 12.6. The minimum absolute atomic E-state index is 0.0678. The van der Waals surface area contributed by atoms with E-state index in [1.165, 1.54) is 26.4 Å². The minimum Gasteiger partial charge on any atom is -0.496 e. The Morgan fingerprint density at radius 3 is 2.44 bits per heavy atom. The molecule has 0 saturated heterocycles. The fourth-order valence-corrected chi connectivity index (χ4v) is 2.43. The van der Waals surface area contributed by atoms with Gasteiger partial charge >= 0.3 is 5.97 Å². The van der Waals surface area contributed by atoms with E-state index in [9.17, 15) is 14.7 Å². The van der Waals surface area contributed by atoms with Crippen molar-refractivity contribution >= 4 is 17.6 Å². The summed E-state index contributed by atoms with van der Waals surface area (Å²) in [4.78, 5) is 28.3. The molecule has 0 atom stereocenters. The molecule has 0 spiro atoms. The number of carbonyl (C=O) groups is 2. The van der Waals surface area contributed by atoms with Crippen LogP contribution >= 0.6 is 0 Å². The Labute approximate surface area is 145 Å². The van der Waals surface area contributed by atoms with Crippen LogP contribution in [0.2, 0.25) is 0 Å². The second-order valence-electron chi connectivity index (χ2n) is 5.33. The van der Waals surface area contributed by atoms with E-state index < -0.39 is 11.9 Å². The molecule has 132 valence electrons. The van der Waals surface area contributed by atoms with E-state index in [0.717, 1.165) is 0 Å². The van der Waals surface area contributed by atoms with Gasteiger partial charge < -0.3 is 19.9 Å². The van der Waals surface area contributed by atoms with E-state index >= 15 is 0 Å². The lowest BCUT2D eigenvalue weighted by atomic mass is 10.0. The highest BCUT2D eigenvalue weighted by Gasteiger charge is 2.19. The number of nitrogens with one attached hydrogen (secondary N) is 1. The van der Waals surface area contributed by atoms with E-state index in [1.54, 1.807) is 19.1 Å². The molecule has 0 saturated carbocycles. The Hall–Kier alpha value is -3.09. The summed E-state index contributed by atoms with van der Waals surface area (Å²) in [7, 11) is 2.91. The lowest BCUT2D eigenvalue weighted by Gasteiger charge is -2.13. The first-order valence-electron chi connectivity index (χ1n) is 7.68. The van der Waals surface area contributed by atoms with Crippen LogP contribution < -0.4 is 14.8 Å². The monoisotopic (exact) mass is 344 g/mol. The van der Waals surface area contributed by atoms with E-state index in [1.807, 2.05) is 6.92 Å². The van der Waals surface area contributed by atoms with Crippen molar-refractivity contribution in [1.29, 1.82) is 0 Å². The summed E-state index contributed by atoms with van der Waals surface area (Å²) in [6.07, 6.45) is 0.606. The number of amides is 1. The van der Waals surface area contributed by atoms with Gasteiger partial charge in [0.2, 0.25) is 5.88 Å². The summed E-state index contributed by atoms with van der Waals surface area (Å²) in [6, 6.07) is 6.21. The first kappa shape index (κ1) is 18.3. The molecule has 0 unspecified atom stereocenters. The SMILES string of the molecule is CCc1nc(OC)ccc1NC(=O)c1cc(C(=O)O)c(OC)cc1C. The van der Waals surface area contributed by atoms with Crippen LogP contribution in [0.25, 0.3) is 0 Å². The highest BCUT2D eigenvalue weighted by molar-refractivity contribution is 6.07. The number of aromatic nitrogens is 1. The van der Waals surface area contributed by atoms with Crippen molar-refractivity contribution in [2.75, 3.05) is 19.5 Å². The van der Waals surface area contributed by atoms with Gasteiger partial charge in [0, 0.05) is 11.6 Å². The molecule has 0 aliphatic heterocycles. The van der Waals surface area contributed by atoms with Crippen LogP contribution in [0.3, 0.4) is 0 Å². The average Bonchev–Trinajstić information content (AvgIpc) is 2.61. The van der Waals surface area contributed by atoms with E-state index in [0.29, 0.717) is 29.2 Å². The van der Waals surface area contributed by atoms with Crippen molar-refractivity contribution in [2.24, 2.45) is 0 Å². The number of carboxylic acid groups (broad SMARTS) is 1. The maximum atomic E-state index is 12.6. The molecule has 1 aromatic heterocycles. The van der Waals surface area contributed by atoms with Gasteiger partial charge in [0.15, 0.2) is 0 Å². The van der Waals surface area contributed by atoms with Gasteiger partial charge in [0.05, 0.1) is 25.6 Å². The van der Waals surface area contributed by atoms with Crippen LogP contribution in [-0.2, 0) is 6.42 Å². The minimum atomic E-state index is -1.16. The molecular weight excluding hydrogens is 324 g/mol. The number of hydrogen-bond acceptors (Lipinski definition) is 5. The predicted molar refractivity (Wildman–Crippen MR) is 92.8 cm³/mol. The number of anilines is 1. The molecule has 2 aromatic rings. The Bertz CT molecular complexity index is 817. The average molecular weight is 344 g/mol. The largest absolute Gasteiger partial charge is 0.496 e. The maximum Gasteiger partial charge on any atom is 0.339 e. The number of aryl methyl sites for hydroxylation is 2. The van der Waals surface area contributed by atoms with Crippen molar-refractivity contribution in [3.63, 3.8) is 0 Å². The first-order chi connectivity index (χ1) is 11.9. The van der Waals surface area contributed by atoms with Crippen LogP contribution in [0.5, 0.6) is 11.6 Å². The van der Waals surface area contributed by atoms with Crippen LogP contribution in [0.15, 0.2) is 24.3 Å². The quantitative estimate of drug-likeness (QED) is 0.836. The van der Waals surface area contributed by atoms with Gasteiger partial charge in [-0.2, -0.15) is 0 Å². The molecule has 0 aliphatic rings. The Morgan fingerprint density at radius 1 is 1.16 bits per heavy atom. The summed E-state index contributed by atoms with van der Waals surface area (Å²) in [5.74, 6) is -0.902. The van der Waals surface area contributed by atoms with Gasteiger partial charge in [0.25, 0.3) is 5.91 Å². The van der Waals surface area contributed by atoms with Crippen molar-refractivity contribution in [3.05, 3.63) is 46.6 Å². The van der Waals surface area contributed by atoms with Crippen LogP contribution in [0, 0.1) is 6.92 Å². The number of aromatic carboxylic acids is 1. The summed E-state index contributed by atoms with van der Waals surface area (Å²) in [5.41, 5.74) is 2.04. The predicted octanol–water partition coefficient (Wildman–Crippen LogP) is 2.92. The van der Waals surface area contributed by atoms with Gasteiger partial charge in [-0.15, -0.1) is 0 Å². The lowest BCUT2D eigenvalue weighted by Crippen LogP contribution is -2.16. The molecule has 1 heterocycles. The van der Waals surface area contributed by atoms with E-state index in [2.05, 4.69) is 10.3 Å². The number of benzene rings is 1. The molecule has 1 aromatic carbocycles. The molecule has 7 heteroatoms. The highest BCUT2D eigenvalue weighted by atomic mass is 16.5. The fourth-order valence-electron chi connectivity index (χ4n) is 2.43. The number of carbonyl (C=O) groups excluding carboxylic acids is 1. The number of hydrogen-bond donors (Lipinski definition) is 2. The zero-order chi connectivity index (χ0) is 18.6. The van der Waals surface area contributed by atoms with Crippen molar-refractivity contribution in [2.45, 2.75) is 20.3 Å². The topological polar surface area (TPSA) is 97.8 Å². The van der Waals surface area contributed by atoms with Gasteiger partial charge in [0.1, 0.15) is 11.3 Å². The molecule has 25 heavy (non-hydrogen) atoms. The van der Waals surface area contributed by atoms with E-state index in [-0.39, 0.29) is 16.9 Å².